The number of rotatable bonds is 5. The summed E-state index contributed by atoms with van der Waals surface area (Å²) in [6.07, 6.45) is -0.979. The van der Waals surface area contributed by atoms with Gasteiger partial charge in [0.05, 0.1) is 6.04 Å². The first-order chi connectivity index (χ1) is 9.39. The normalized spacial score (nSPS) is 14.0. The van der Waals surface area contributed by atoms with E-state index in [9.17, 15) is 4.79 Å². The zero-order valence-electron chi connectivity index (χ0n) is 12.1. The largest absolute Gasteiger partial charge is 0.458 e. The van der Waals surface area contributed by atoms with Crippen LogP contribution in [0, 0.1) is 0 Å². The van der Waals surface area contributed by atoms with Crippen LogP contribution in [0.3, 0.4) is 0 Å². The molecule has 0 aliphatic carbocycles. The number of hydrogen-bond donors (Lipinski definition) is 0. The fraction of sp³-hybridized carbons (Fsp3) is 0.500. The van der Waals surface area contributed by atoms with E-state index in [-0.39, 0.29) is 0 Å². The van der Waals surface area contributed by atoms with Crippen molar-refractivity contribution in [3.63, 3.8) is 0 Å². The number of hydrogen-bond acceptors (Lipinski definition) is 4. The lowest BCUT2D eigenvalue weighted by molar-refractivity contribution is -0.168. The van der Waals surface area contributed by atoms with Crippen molar-refractivity contribution in [2.75, 3.05) is 7.11 Å². The number of carbonyl (C=O) groups excluding carboxylic acids is 1. The molecular weight excluding hydrogens is 258 g/mol. The Kier molecular flexibility index (Phi) is 5.55. The van der Waals surface area contributed by atoms with Crippen LogP contribution in [0.1, 0.15) is 32.4 Å². The quantitative estimate of drug-likeness (QED) is 0.358. The van der Waals surface area contributed by atoms with Crippen molar-refractivity contribution >= 4 is 5.97 Å². The average Bonchev–Trinajstić information content (AvgIpc) is 2.37. The highest BCUT2D eigenvalue weighted by atomic mass is 16.6. The summed E-state index contributed by atoms with van der Waals surface area (Å²) >= 11 is 0. The Hall–Kier alpha value is -2.04. The van der Waals surface area contributed by atoms with Crippen molar-refractivity contribution in [2.24, 2.45) is 5.11 Å². The molecule has 1 aromatic carbocycles. The number of nitrogens with zero attached hydrogens (tertiary/aromatic N) is 3. The fourth-order valence-corrected chi connectivity index (χ4v) is 1.72. The van der Waals surface area contributed by atoms with Crippen molar-refractivity contribution < 1.29 is 14.3 Å². The highest BCUT2D eigenvalue weighted by Crippen LogP contribution is 2.25. The van der Waals surface area contributed by atoms with Gasteiger partial charge in [-0.05, 0) is 31.9 Å². The van der Waals surface area contributed by atoms with Crippen LogP contribution in [0.4, 0.5) is 0 Å². The van der Waals surface area contributed by atoms with E-state index in [4.69, 9.17) is 15.0 Å². The lowest BCUT2D eigenvalue weighted by atomic mass is 10.0. The van der Waals surface area contributed by atoms with Gasteiger partial charge in [-0.1, -0.05) is 35.4 Å². The minimum absolute atomic E-state index is 0.554. The van der Waals surface area contributed by atoms with E-state index in [1.807, 2.05) is 6.07 Å². The molecule has 0 saturated heterocycles. The summed E-state index contributed by atoms with van der Waals surface area (Å²) in [4.78, 5) is 14.9. The minimum Gasteiger partial charge on any atom is -0.458 e. The molecule has 0 radical (unpaired) electrons. The SMILES string of the molecule is CO[C@H](C(=O)OC(C)(C)C)[C@@H](N=[N+]=[N-])c1ccccc1. The predicted octanol–water partition coefficient (Wildman–Crippen LogP) is 3.39. The molecule has 0 N–H and O–H groups in total. The van der Waals surface area contributed by atoms with Gasteiger partial charge in [0.25, 0.3) is 0 Å². The number of benzene rings is 1. The predicted molar refractivity (Wildman–Crippen MR) is 75.0 cm³/mol. The van der Waals surface area contributed by atoms with Gasteiger partial charge in [0, 0.05) is 12.0 Å². The molecule has 0 saturated carbocycles. The van der Waals surface area contributed by atoms with Gasteiger partial charge in [0.1, 0.15) is 5.60 Å². The summed E-state index contributed by atoms with van der Waals surface area (Å²) in [5, 5.41) is 3.67. The Morgan fingerprint density at radius 1 is 1.30 bits per heavy atom. The van der Waals surface area contributed by atoms with E-state index in [2.05, 4.69) is 10.0 Å². The fourth-order valence-electron chi connectivity index (χ4n) is 1.72. The van der Waals surface area contributed by atoms with Crippen LogP contribution in [0.25, 0.3) is 10.4 Å². The molecular formula is C14H19N3O3. The van der Waals surface area contributed by atoms with Gasteiger partial charge in [-0.2, -0.15) is 0 Å². The van der Waals surface area contributed by atoms with E-state index in [1.165, 1.54) is 7.11 Å². The zero-order chi connectivity index (χ0) is 15.2. The van der Waals surface area contributed by atoms with Crippen LogP contribution in [-0.4, -0.2) is 24.8 Å². The molecule has 1 rings (SSSR count). The summed E-state index contributed by atoms with van der Waals surface area (Å²) in [6.45, 7) is 5.30. The van der Waals surface area contributed by atoms with Crippen LogP contribution in [0.5, 0.6) is 0 Å². The third-order valence-corrected chi connectivity index (χ3v) is 2.50. The molecule has 0 bridgehead atoms. The summed E-state index contributed by atoms with van der Waals surface area (Å²) in [5.74, 6) is -0.554. The second-order valence-electron chi connectivity index (χ2n) is 5.25. The molecule has 0 aromatic heterocycles. The molecule has 0 aliphatic rings. The molecule has 0 unspecified atom stereocenters. The van der Waals surface area contributed by atoms with Crippen molar-refractivity contribution in [1.82, 2.24) is 0 Å². The topological polar surface area (TPSA) is 84.3 Å². The van der Waals surface area contributed by atoms with Gasteiger partial charge in [0.2, 0.25) is 0 Å². The molecule has 0 spiro atoms. The molecule has 6 heteroatoms. The van der Waals surface area contributed by atoms with Gasteiger partial charge in [0.15, 0.2) is 6.10 Å². The molecule has 0 heterocycles. The zero-order valence-corrected chi connectivity index (χ0v) is 12.1. The Bertz CT molecular complexity index is 490. The summed E-state index contributed by atoms with van der Waals surface area (Å²) in [7, 11) is 1.39. The van der Waals surface area contributed by atoms with Gasteiger partial charge in [-0.3, -0.25) is 0 Å². The van der Waals surface area contributed by atoms with E-state index in [1.54, 1.807) is 45.0 Å². The molecule has 20 heavy (non-hydrogen) atoms. The van der Waals surface area contributed by atoms with Crippen molar-refractivity contribution in [3.05, 3.63) is 46.3 Å². The van der Waals surface area contributed by atoms with Gasteiger partial charge in [-0.15, -0.1) is 0 Å². The first kappa shape index (κ1) is 16.0. The highest BCUT2D eigenvalue weighted by Gasteiger charge is 2.32. The number of carbonyl (C=O) groups is 1. The molecule has 2 atom stereocenters. The summed E-state index contributed by atoms with van der Waals surface area (Å²) < 4.78 is 10.5. The number of methoxy groups -OCH3 is 1. The highest BCUT2D eigenvalue weighted by molar-refractivity contribution is 5.76. The van der Waals surface area contributed by atoms with Crippen LogP contribution in [0.2, 0.25) is 0 Å². The van der Waals surface area contributed by atoms with Crippen LogP contribution in [0.15, 0.2) is 35.4 Å². The molecule has 0 aliphatic heterocycles. The average molecular weight is 277 g/mol. The first-order valence-electron chi connectivity index (χ1n) is 6.24. The number of esters is 1. The van der Waals surface area contributed by atoms with E-state index in [0.717, 1.165) is 0 Å². The lowest BCUT2D eigenvalue weighted by Crippen LogP contribution is -2.36. The van der Waals surface area contributed by atoms with Crippen LogP contribution in [-0.2, 0) is 14.3 Å². The molecule has 0 fully saturated rings. The third kappa shape index (κ3) is 4.57. The van der Waals surface area contributed by atoms with Crippen LogP contribution >= 0.6 is 0 Å². The second-order valence-corrected chi connectivity index (χ2v) is 5.25. The molecule has 108 valence electrons. The number of ether oxygens (including phenoxy) is 2. The Balaban J connectivity index is 3.05. The van der Waals surface area contributed by atoms with Gasteiger partial charge >= 0.3 is 5.97 Å². The van der Waals surface area contributed by atoms with E-state index in [0.29, 0.717) is 5.56 Å². The smallest absolute Gasteiger partial charge is 0.336 e. The maximum Gasteiger partial charge on any atom is 0.336 e. The summed E-state index contributed by atoms with van der Waals surface area (Å²) in [5.41, 5.74) is 8.77. The van der Waals surface area contributed by atoms with Crippen molar-refractivity contribution in [1.29, 1.82) is 0 Å². The number of azide groups is 1. The lowest BCUT2D eigenvalue weighted by Gasteiger charge is -2.26. The Labute approximate surface area is 118 Å². The van der Waals surface area contributed by atoms with Gasteiger partial charge < -0.3 is 9.47 Å². The molecule has 6 nitrogen and oxygen atoms in total. The summed E-state index contributed by atoms with van der Waals surface area (Å²) in [6, 6.07) is 8.23. The van der Waals surface area contributed by atoms with Crippen molar-refractivity contribution in [3.8, 4) is 0 Å². The van der Waals surface area contributed by atoms with E-state index >= 15 is 0 Å². The Morgan fingerprint density at radius 2 is 1.90 bits per heavy atom. The maximum atomic E-state index is 12.1. The molecule has 0 amide bonds. The monoisotopic (exact) mass is 277 g/mol. The van der Waals surface area contributed by atoms with Crippen molar-refractivity contribution in [2.45, 2.75) is 38.5 Å². The molecule has 1 aromatic rings. The second kappa shape index (κ2) is 6.93. The maximum absolute atomic E-state index is 12.1. The van der Waals surface area contributed by atoms with E-state index < -0.39 is 23.7 Å². The van der Waals surface area contributed by atoms with Crippen LogP contribution < -0.4 is 0 Å². The van der Waals surface area contributed by atoms with Gasteiger partial charge in [-0.25, -0.2) is 4.79 Å². The Morgan fingerprint density at radius 3 is 2.35 bits per heavy atom. The third-order valence-electron chi connectivity index (χ3n) is 2.50. The minimum atomic E-state index is -0.979. The standard InChI is InChI=1S/C14H19N3O3/c1-14(2,3)20-13(18)12(19-4)11(16-17-15)10-8-6-5-7-9-10/h5-9,11-12H,1-4H3/t11-,12-/m0/s1. The first-order valence-corrected chi connectivity index (χ1v) is 6.24.